The number of rotatable bonds is 3. The van der Waals surface area contributed by atoms with Crippen LogP contribution in [0, 0.1) is 20.8 Å². The Morgan fingerprint density at radius 3 is 2.45 bits per heavy atom. The van der Waals surface area contributed by atoms with Gasteiger partial charge >= 0.3 is 5.97 Å². The second-order valence-electron chi connectivity index (χ2n) is 4.46. The van der Waals surface area contributed by atoms with E-state index in [2.05, 4.69) is 26.2 Å². The zero-order chi connectivity index (χ0) is 14.9. The first-order chi connectivity index (χ1) is 9.42. The van der Waals surface area contributed by atoms with Crippen molar-refractivity contribution in [3.05, 3.63) is 38.3 Å². The van der Waals surface area contributed by atoms with E-state index in [4.69, 9.17) is 4.74 Å². The number of thiazole rings is 1. The Labute approximate surface area is 130 Å². The molecule has 4 nitrogen and oxygen atoms in total. The van der Waals surface area contributed by atoms with Crippen LogP contribution in [0.2, 0.25) is 0 Å². The monoisotopic (exact) mass is 354 g/mol. The average molecular weight is 355 g/mol. The highest BCUT2D eigenvalue weighted by Crippen LogP contribution is 2.31. The van der Waals surface area contributed by atoms with E-state index in [9.17, 15) is 4.79 Å². The quantitative estimate of drug-likeness (QED) is 0.831. The number of hydrogen-bond acceptors (Lipinski definition) is 5. The molecule has 0 bridgehead atoms. The van der Waals surface area contributed by atoms with Crippen molar-refractivity contribution in [2.75, 3.05) is 12.4 Å². The van der Waals surface area contributed by atoms with Gasteiger partial charge in [-0.05, 0) is 44.0 Å². The van der Waals surface area contributed by atoms with Crippen molar-refractivity contribution in [3.63, 3.8) is 0 Å². The number of esters is 1. The number of halogens is 1. The molecule has 0 spiro atoms. The van der Waals surface area contributed by atoms with Gasteiger partial charge in [0.05, 0.1) is 12.8 Å². The Kier molecular flexibility index (Phi) is 4.45. The first-order valence-corrected chi connectivity index (χ1v) is 7.63. The molecule has 0 aliphatic heterocycles. The van der Waals surface area contributed by atoms with Crippen molar-refractivity contribution in [1.82, 2.24) is 4.98 Å². The molecule has 1 aromatic carbocycles. The number of carbonyl (C=O) groups excluding carboxylic acids is 1. The summed E-state index contributed by atoms with van der Waals surface area (Å²) in [4.78, 5) is 16.5. The fourth-order valence-corrected chi connectivity index (χ4v) is 3.52. The minimum atomic E-state index is -0.350. The Morgan fingerprint density at radius 2 is 1.90 bits per heavy atom. The van der Waals surface area contributed by atoms with Gasteiger partial charge in [-0.15, -0.1) is 0 Å². The van der Waals surface area contributed by atoms with Gasteiger partial charge < -0.3 is 10.1 Å². The Balaban J connectivity index is 2.34. The predicted molar refractivity (Wildman–Crippen MR) is 85.1 cm³/mol. The number of hydrogen-bond donors (Lipinski definition) is 1. The van der Waals surface area contributed by atoms with Crippen LogP contribution in [0.4, 0.5) is 10.8 Å². The van der Waals surface area contributed by atoms with Gasteiger partial charge in [-0.25, -0.2) is 9.78 Å². The van der Waals surface area contributed by atoms with Crippen LogP contribution < -0.4 is 5.32 Å². The van der Waals surface area contributed by atoms with Gasteiger partial charge in [0.25, 0.3) is 0 Å². The van der Waals surface area contributed by atoms with Crippen LogP contribution in [0.1, 0.15) is 26.5 Å². The van der Waals surface area contributed by atoms with Crippen LogP contribution in [-0.4, -0.2) is 18.1 Å². The molecule has 0 unspecified atom stereocenters. The number of methoxy groups -OCH3 is 1. The first-order valence-electron chi connectivity index (χ1n) is 6.02. The normalized spacial score (nSPS) is 10.4. The number of nitrogens with one attached hydrogen (secondary N) is 1. The fraction of sp³-hybridized carbons (Fsp3) is 0.286. The van der Waals surface area contributed by atoms with Crippen LogP contribution in [-0.2, 0) is 4.74 Å². The minimum Gasteiger partial charge on any atom is -0.465 e. The van der Waals surface area contributed by atoms with Crippen molar-refractivity contribution < 1.29 is 9.53 Å². The Morgan fingerprint density at radius 1 is 1.30 bits per heavy atom. The molecule has 2 rings (SSSR count). The van der Waals surface area contributed by atoms with E-state index in [0.717, 1.165) is 21.3 Å². The molecule has 0 radical (unpaired) electrons. The summed E-state index contributed by atoms with van der Waals surface area (Å²) in [6.45, 7) is 5.86. The molecule has 106 valence electrons. The summed E-state index contributed by atoms with van der Waals surface area (Å²) in [6, 6.07) is 4.08. The molecular formula is C14H15BrN2O2S. The van der Waals surface area contributed by atoms with Crippen LogP contribution >= 0.6 is 27.3 Å². The number of benzene rings is 1. The molecule has 0 aliphatic carbocycles. The lowest BCUT2D eigenvalue weighted by atomic mass is 10.1. The molecule has 0 saturated heterocycles. The van der Waals surface area contributed by atoms with Crippen molar-refractivity contribution in [3.8, 4) is 0 Å². The molecule has 6 heteroatoms. The molecule has 1 heterocycles. The second kappa shape index (κ2) is 5.93. The highest BCUT2D eigenvalue weighted by atomic mass is 79.9. The molecular weight excluding hydrogens is 340 g/mol. The summed E-state index contributed by atoms with van der Waals surface area (Å²) < 4.78 is 5.79. The van der Waals surface area contributed by atoms with Crippen molar-refractivity contribution in [1.29, 1.82) is 0 Å². The van der Waals surface area contributed by atoms with Gasteiger partial charge in [-0.2, -0.15) is 0 Å². The maximum Gasteiger partial charge on any atom is 0.350 e. The van der Waals surface area contributed by atoms with Crippen molar-refractivity contribution in [2.45, 2.75) is 20.8 Å². The number of anilines is 2. The van der Waals surface area contributed by atoms with E-state index in [1.54, 1.807) is 6.92 Å². The van der Waals surface area contributed by atoms with Gasteiger partial charge in [-0.1, -0.05) is 27.3 Å². The summed E-state index contributed by atoms with van der Waals surface area (Å²) >= 11 is 4.77. The third kappa shape index (κ3) is 3.02. The summed E-state index contributed by atoms with van der Waals surface area (Å²) in [5.74, 6) is -0.350. The minimum absolute atomic E-state index is 0.350. The molecule has 1 N–H and O–H groups in total. The zero-order valence-electron chi connectivity index (χ0n) is 11.7. The largest absolute Gasteiger partial charge is 0.465 e. The van der Waals surface area contributed by atoms with Crippen LogP contribution in [0.5, 0.6) is 0 Å². The molecule has 0 saturated carbocycles. The molecule has 2 aromatic rings. The van der Waals surface area contributed by atoms with Gasteiger partial charge in [0.15, 0.2) is 5.13 Å². The topological polar surface area (TPSA) is 51.2 Å². The van der Waals surface area contributed by atoms with E-state index in [0.29, 0.717) is 15.7 Å². The number of aromatic nitrogens is 1. The standard InChI is InChI=1S/C14H15BrN2O2S/c1-7-5-10(15)6-8(2)11(7)17-14-16-9(3)12(20-14)13(18)19-4/h5-6H,1-4H3,(H,16,17). The van der Waals surface area contributed by atoms with E-state index >= 15 is 0 Å². The predicted octanol–water partition coefficient (Wildman–Crippen LogP) is 4.36. The summed E-state index contributed by atoms with van der Waals surface area (Å²) in [5, 5.41) is 3.98. The maximum absolute atomic E-state index is 11.6. The molecule has 1 aromatic heterocycles. The van der Waals surface area contributed by atoms with Gasteiger partial charge in [0, 0.05) is 10.2 Å². The zero-order valence-corrected chi connectivity index (χ0v) is 14.1. The van der Waals surface area contributed by atoms with Crippen LogP contribution in [0.25, 0.3) is 0 Å². The lowest BCUT2D eigenvalue weighted by Gasteiger charge is -2.11. The van der Waals surface area contributed by atoms with Gasteiger partial charge in [-0.3, -0.25) is 0 Å². The lowest BCUT2D eigenvalue weighted by Crippen LogP contribution is -1.99. The smallest absolute Gasteiger partial charge is 0.350 e. The van der Waals surface area contributed by atoms with Crippen molar-refractivity contribution >= 4 is 44.1 Å². The average Bonchev–Trinajstić information content (AvgIpc) is 2.74. The second-order valence-corrected chi connectivity index (χ2v) is 6.38. The van der Waals surface area contributed by atoms with Crippen LogP contribution in [0.3, 0.4) is 0 Å². The number of aryl methyl sites for hydroxylation is 3. The van der Waals surface area contributed by atoms with E-state index in [1.165, 1.54) is 18.4 Å². The Bertz CT molecular complexity index is 644. The Hall–Kier alpha value is -1.40. The summed E-state index contributed by atoms with van der Waals surface area (Å²) in [7, 11) is 1.37. The van der Waals surface area contributed by atoms with E-state index < -0.39 is 0 Å². The van der Waals surface area contributed by atoms with Gasteiger partial charge in [0.2, 0.25) is 0 Å². The number of carbonyl (C=O) groups is 1. The van der Waals surface area contributed by atoms with Gasteiger partial charge in [0.1, 0.15) is 4.88 Å². The van der Waals surface area contributed by atoms with Crippen LogP contribution in [0.15, 0.2) is 16.6 Å². The molecule has 0 fully saturated rings. The van der Waals surface area contributed by atoms with Crippen molar-refractivity contribution in [2.24, 2.45) is 0 Å². The highest BCUT2D eigenvalue weighted by molar-refractivity contribution is 9.10. The SMILES string of the molecule is COC(=O)c1sc(Nc2c(C)cc(Br)cc2C)nc1C. The fourth-order valence-electron chi connectivity index (χ4n) is 1.95. The summed E-state index contributed by atoms with van der Waals surface area (Å²) in [5.41, 5.74) is 3.92. The molecule has 0 atom stereocenters. The molecule has 20 heavy (non-hydrogen) atoms. The number of nitrogens with zero attached hydrogens (tertiary/aromatic N) is 1. The molecule has 0 aliphatic rings. The summed E-state index contributed by atoms with van der Waals surface area (Å²) in [6.07, 6.45) is 0. The highest BCUT2D eigenvalue weighted by Gasteiger charge is 2.16. The number of ether oxygens (including phenoxy) is 1. The molecule has 0 amide bonds. The third-order valence-electron chi connectivity index (χ3n) is 2.90. The lowest BCUT2D eigenvalue weighted by molar-refractivity contribution is 0.0605. The third-order valence-corrected chi connectivity index (χ3v) is 4.41. The first kappa shape index (κ1) is 15.0. The van der Waals surface area contributed by atoms with E-state index in [1.807, 2.05) is 26.0 Å². The van der Waals surface area contributed by atoms with E-state index in [-0.39, 0.29) is 5.97 Å². The maximum atomic E-state index is 11.6.